The van der Waals surface area contributed by atoms with Crippen molar-refractivity contribution in [3.8, 4) is 6.07 Å². The van der Waals surface area contributed by atoms with Crippen molar-refractivity contribution < 1.29 is 8.42 Å². The number of nitriles is 1. The molecule has 1 aromatic heterocycles. The normalized spacial score (nSPS) is 11.1. The highest BCUT2D eigenvalue weighted by Gasteiger charge is 2.19. The van der Waals surface area contributed by atoms with E-state index in [1.54, 1.807) is 6.92 Å². The number of hydrogen-bond donors (Lipinski definition) is 2. The summed E-state index contributed by atoms with van der Waals surface area (Å²) in [5.41, 5.74) is 7.19. The van der Waals surface area contributed by atoms with Gasteiger partial charge in [-0.1, -0.05) is 0 Å². The van der Waals surface area contributed by atoms with Gasteiger partial charge in [0.15, 0.2) is 0 Å². The lowest BCUT2D eigenvalue weighted by Crippen LogP contribution is -2.12. The number of thiophene rings is 1. The average Bonchev–Trinajstić information content (AvgIpc) is 2.64. The van der Waals surface area contributed by atoms with Gasteiger partial charge in [0, 0.05) is 10.6 Å². The molecule has 5 nitrogen and oxygen atoms in total. The molecule has 0 aliphatic rings. The van der Waals surface area contributed by atoms with Crippen LogP contribution in [0.2, 0.25) is 0 Å². The highest BCUT2D eigenvalue weighted by Crippen LogP contribution is 2.33. The van der Waals surface area contributed by atoms with Crippen LogP contribution >= 0.6 is 11.3 Å². The van der Waals surface area contributed by atoms with E-state index in [1.165, 1.54) is 35.6 Å². The molecule has 0 fully saturated rings. The van der Waals surface area contributed by atoms with E-state index in [4.69, 9.17) is 11.0 Å². The maximum absolute atomic E-state index is 12.2. The first-order chi connectivity index (χ1) is 9.35. The van der Waals surface area contributed by atoms with Gasteiger partial charge in [0.2, 0.25) is 0 Å². The van der Waals surface area contributed by atoms with Crippen LogP contribution < -0.4 is 10.5 Å². The highest BCUT2D eigenvalue weighted by molar-refractivity contribution is 7.93. The second-order valence-electron chi connectivity index (χ2n) is 4.27. The van der Waals surface area contributed by atoms with Crippen LogP contribution in [0.15, 0.2) is 29.2 Å². The molecular weight excluding hydrogens is 294 g/mol. The zero-order chi connectivity index (χ0) is 14.9. The smallest absolute Gasteiger partial charge is 0.262 e. The van der Waals surface area contributed by atoms with Crippen molar-refractivity contribution in [1.82, 2.24) is 0 Å². The molecule has 1 heterocycles. The summed E-state index contributed by atoms with van der Waals surface area (Å²) in [6, 6.07) is 7.92. The van der Waals surface area contributed by atoms with E-state index in [-0.39, 0.29) is 4.90 Å². The Balaban J connectivity index is 2.41. The molecule has 2 rings (SSSR count). The number of benzene rings is 1. The fourth-order valence-electron chi connectivity index (χ4n) is 1.66. The van der Waals surface area contributed by atoms with Gasteiger partial charge in [-0.2, -0.15) is 5.26 Å². The molecule has 20 heavy (non-hydrogen) atoms. The van der Waals surface area contributed by atoms with Crippen molar-refractivity contribution in [3.05, 3.63) is 40.3 Å². The van der Waals surface area contributed by atoms with Crippen molar-refractivity contribution in [2.24, 2.45) is 0 Å². The first kappa shape index (κ1) is 14.4. The number of nitrogens with one attached hydrogen (secondary N) is 1. The Kier molecular flexibility index (Phi) is 3.70. The summed E-state index contributed by atoms with van der Waals surface area (Å²) >= 11 is 1.25. The maximum atomic E-state index is 12.2. The predicted molar refractivity (Wildman–Crippen MR) is 80.2 cm³/mol. The quantitative estimate of drug-likeness (QED) is 0.852. The summed E-state index contributed by atoms with van der Waals surface area (Å²) in [6.45, 7) is 3.65. The Morgan fingerprint density at radius 2 is 1.85 bits per heavy atom. The van der Waals surface area contributed by atoms with E-state index >= 15 is 0 Å². The SMILES string of the molecule is Cc1sc(NS(=O)(=O)c2ccc(N)cc2)c(C#N)c1C. The number of nitrogens with two attached hydrogens (primary N) is 1. The van der Waals surface area contributed by atoms with Crippen LogP contribution in [0.3, 0.4) is 0 Å². The maximum Gasteiger partial charge on any atom is 0.262 e. The van der Waals surface area contributed by atoms with E-state index in [9.17, 15) is 8.42 Å². The van der Waals surface area contributed by atoms with Crippen molar-refractivity contribution in [2.75, 3.05) is 10.5 Å². The summed E-state index contributed by atoms with van der Waals surface area (Å²) < 4.78 is 27.0. The standard InChI is InChI=1S/C13H13N3O2S2/c1-8-9(2)19-13(12(8)7-14)16-20(17,18)11-5-3-10(15)4-6-11/h3-6,16H,15H2,1-2H3. The fraction of sp³-hybridized carbons (Fsp3) is 0.154. The summed E-state index contributed by atoms with van der Waals surface area (Å²) in [6.07, 6.45) is 0. The van der Waals surface area contributed by atoms with Gasteiger partial charge in [-0.15, -0.1) is 11.3 Å². The third kappa shape index (κ3) is 2.61. The number of sulfonamides is 1. The number of nitrogens with zero attached hydrogens (tertiary/aromatic N) is 1. The minimum absolute atomic E-state index is 0.110. The second kappa shape index (κ2) is 5.15. The molecule has 0 atom stereocenters. The third-order valence-corrected chi connectivity index (χ3v) is 5.53. The van der Waals surface area contributed by atoms with Gasteiger partial charge < -0.3 is 5.73 Å². The molecule has 0 aliphatic carbocycles. The van der Waals surface area contributed by atoms with Gasteiger partial charge in [-0.25, -0.2) is 8.42 Å². The molecule has 0 saturated heterocycles. The first-order valence-corrected chi connectivity index (χ1v) is 8.03. The molecule has 0 aliphatic heterocycles. The van der Waals surface area contributed by atoms with Crippen LogP contribution in [0.5, 0.6) is 0 Å². The molecule has 3 N–H and O–H groups in total. The molecule has 104 valence electrons. The number of hydrogen-bond acceptors (Lipinski definition) is 5. The average molecular weight is 307 g/mol. The van der Waals surface area contributed by atoms with Crippen molar-refractivity contribution >= 4 is 32.0 Å². The van der Waals surface area contributed by atoms with Gasteiger partial charge in [-0.3, -0.25) is 4.72 Å². The summed E-state index contributed by atoms with van der Waals surface area (Å²) in [7, 11) is -3.71. The molecule has 0 spiro atoms. The summed E-state index contributed by atoms with van der Waals surface area (Å²) in [5, 5.41) is 9.47. The van der Waals surface area contributed by atoms with Gasteiger partial charge in [0.05, 0.1) is 10.5 Å². The fourth-order valence-corrected chi connectivity index (χ4v) is 3.98. The van der Waals surface area contributed by atoms with Crippen LogP contribution in [0.4, 0.5) is 10.7 Å². The topological polar surface area (TPSA) is 96.0 Å². The first-order valence-electron chi connectivity index (χ1n) is 5.73. The second-order valence-corrected chi connectivity index (χ2v) is 7.18. The highest BCUT2D eigenvalue weighted by atomic mass is 32.2. The Morgan fingerprint density at radius 1 is 1.25 bits per heavy atom. The summed E-state index contributed by atoms with van der Waals surface area (Å²) in [4.78, 5) is 1.02. The lowest BCUT2D eigenvalue weighted by molar-refractivity contribution is 0.601. The molecule has 0 bridgehead atoms. The van der Waals surface area contributed by atoms with E-state index in [2.05, 4.69) is 4.72 Å². The van der Waals surface area contributed by atoms with Gasteiger partial charge in [0.25, 0.3) is 10.0 Å². The van der Waals surface area contributed by atoms with Crippen molar-refractivity contribution in [3.63, 3.8) is 0 Å². The van der Waals surface area contributed by atoms with E-state index in [0.29, 0.717) is 16.3 Å². The molecule has 0 amide bonds. The molecular formula is C13H13N3O2S2. The number of nitrogen functional groups attached to an aromatic ring is 1. The number of rotatable bonds is 3. The molecule has 0 radical (unpaired) electrons. The molecule has 0 saturated carbocycles. The Morgan fingerprint density at radius 3 is 2.40 bits per heavy atom. The van der Waals surface area contributed by atoms with Crippen LogP contribution in [-0.2, 0) is 10.0 Å². The minimum atomic E-state index is -3.71. The Bertz CT molecular complexity index is 784. The van der Waals surface area contributed by atoms with Gasteiger partial charge in [-0.05, 0) is 43.7 Å². The Hall–Kier alpha value is -2.04. The molecule has 7 heteroatoms. The van der Waals surface area contributed by atoms with Gasteiger partial charge in [0.1, 0.15) is 11.1 Å². The zero-order valence-corrected chi connectivity index (χ0v) is 12.6. The molecule has 1 aromatic carbocycles. The van der Waals surface area contributed by atoms with Crippen LogP contribution in [-0.4, -0.2) is 8.42 Å². The van der Waals surface area contributed by atoms with E-state index < -0.39 is 10.0 Å². The number of aryl methyl sites for hydroxylation is 1. The largest absolute Gasteiger partial charge is 0.399 e. The van der Waals surface area contributed by atoms with E-state index in [1.807, 2.05) is 13.0 Å². The van der Waals surface area contributed by atoms with Crippen molar-refractivity contribution in [2.45, 2.75) is 18.7 Å². The van der Waals surface area contributed by atoms with Gasteiger partial charge >= 0.3 is 0 Å². The zero-order valence-electron chi connectivity index (χ0n) is 11.0. The molecule has 0 unspecified atom stereocenters. The third-order valence-electron chi connectivity index (χ3n) is 2.91. The van der Waals surface area contributed by atoms with Crippen LogP contribution in [0, 0.1) is 25.2 Å². The van der Waals surface area contributed by atoms with Crippen LogP contribution in [0.1, 0.15) is 16.0 Å². The van der Waals surface area contributed by atoms with Crippen LogP contribution in [0.25, 0.3) is 0 Å². The van der Waals surface area contributed by atoms with E-state index in [0.717, 1.165) is 10.4 Å². The lowest BCUT2D eigenvalue weighted by Gasteiger charge is -2.06. The minimum Gasteiger partial charge on any atom is -0.399 e. The number of anilines is 2. The Labute approximate surface area is 121 Å². The monoisotopic (exact) mass is 307 g/mol. The molecule has 2 aromatic rings. The predicted octanol–water partition coefficient (Wildman–Crippen LogP) is 2.62. The lowest BCUT2D eigenvalue weighted by atomic mass is 10.2. The van der Waals surface area contributed by atoms with Crippen molar-refractivity contribution in [1.29, 1.82) is 5.26 Å². The summed E-state index contributed by atoms with van der Waals surface area (Å²) in [5.74, 6) is 0.